The Bertz CT molecular complexity index is 450. The lowest BCUT2D eigenvalue weighted by atomic mass is 10.0. The molecule has 1 aromatic carbocycles. The molecule has 0 amide bonds. The molecular formula is C16H25ClN2O. The van der Waals surface area contributed by atoms with E-state index in [2.05, 4.69) is 23.2 Å². The highest BCUT2D eigenvalue weighted by molar-refractivity contribution is 6.31. The standard InChI is InChI=1S/C16H25ClN2O/c1-4-7-18-13-6-5-8-19(11-13)15-9-12(2)14(17)10-16(15)20-3/h9-10,13,18H,4-8,11H2,1-3H3. The quantitative estimate of drug-likeness (QED) is 0.898. The van der Waals surface area contributed by atoms with E-state index in [0.29, 0.717) is 6.04 Å². The lowest BCUT2D eigenvalue weighted by Gasteiger charge is -2.35. The van der Waals surface area contributed by atoms with E-state index in [1.165, 1.54) is 19.3 Å². The van der Waals surface area contributed by atoms with Crippen LogP contribution in [0.5, 0.6) is 5.75 Å². The Morgan fingerprint density at radius 1 is 1.45 bits per heavy atom. The van der Waals surface area contributed by atoms with Gasteiger partial charge in [0.05, 0.1) is 12.8 Å². The molecule has 4 heteroatoms. The number of hydrogen-bond donors (Lipinski definition) is 1. The van der Waals surface area contributed by atoms with Gasteiger partial charge in [-0.3, -0.25) is 0 Å². The third kappa shape index (κ3) is 3.58. The van der Waals surface area contributed by atoms with Crippen LogP contribution in [0, 0.1) is 6.92 Å². The van der Waals surface area contributed by atoms with Crippen molar-refractivity contribution in [2.45, 2.75) is 39.2 Å². The van der Waals surface area contributed by atoms with Crippen molar-refractivity contribution in [3.63, 3.8) is 0 Å². The number of halogens is 1. The minimum Gasteiger partial charge on any atom is -0.495 e. The van der Waals surface area contributed by atoms with Gasteiger partial charge < -0.3 is 15.0 Å². The largest absolute Gasteiger partial charge is 0.495 e. The summed E-state index contributed by atoms with van der Waals surface area (Å²) in [6.07, 6.45) is 3.65. The number of nitrogens with one attached hydrogen (secondary N) is 1. The summed E-state index contributed by atoms with van der Waals surface area (Å²) in [5.74, 6) is 0.872. The maximum atomic E-state index is 6.19. The second-order valence-corrected chi connectivity index (χ2v) is 5.92. The second kappa shape index (κ2) is 7.19. The van der Waals surface area contributed by atoms with Crippen LogP contribution < -0.4 is 15.0 Å². The molecule has 1 aromatic rings. The number of methoxy groups -OCH3 is 1. The molecule has 0 bridgehead atoms. The van der Waals surface area contributed by atoms with Crippen LogP contribution in [-0.4, -0.2) is 32.8 Å². The van der Waals surface area contributed by atoms with Crippen molar-refractivity contribution in [1.82, 2.24) is 5.32 Å². The molecule has 1 atom stereocenters. The summed E-state index contributed by atoms with van der Waals surface area (Å²) < 4.78 is 5.50. The molecule has 112 valence electrons. The van der Waals surface area contributed by atoms with E-state index in [4.69, 9.17) is 16.3 Å². The van der Waals surface area contributed by atoms with E-state index >= 15 is 0 Å². The summed E-state index contributed by atoms with van der Waals surface area (Å²) in [6, 6.07) is 4.64. The van der Waals surface area contributed by atoms with Gasteiger partial charge in [-0.05, 0) is 44.4 Å². The minimum absolute atomic E-state index is 0.574. The Morgan fingerprint density at radius 2 is 2.25 bits per heavy atom. The average molecular weight is 297 g/mol. The molecule has 1 unspecified atom stereocenters. The highest BCUT2D eigenvalue weighted by Crippen LogP contribution is 2.35. The molecule has 1 fully saturated rings. The van der Waals surface area contributed by atoms with Crippen molar-refractivity contribution in [3.8, 4) is 5.75 Å². The van der Waals surface area contributed by atoms with Gasteiger partial charge in [-0.25, -0.2) is 0 Å². The van der Waals surface area contributed by atoms with Gasteiger partial charge in [0.1, 0.15) is 5.75 Å². The van der Waals surface area contributed by atoms with Crippen molar-refractivity contribution in [3.05, 3.63) is 22.7 Å². The molecule has 0 aromatic heterocycles. The van der Waals surface area contributed by atoms with E-state index in [1.807, 2.05) is 13.0 Å². The Balaban J connectivity index is 2.15. The predicted molar refractivity (Wildman–Crippen MR) is 86.3 cm³/mol. The zero-order valence-electron chi connectivity index (χ0n) is 12.7. The fourth-order valence-corrected chi connectivity index (χ4v) is 2.92. The number of benzene rings is 1. The Hall–Kier alpha value is -0.930. The molecule has 2 rings (SSSR count). The molecular weight excluding hydrogens is 272 g/mol. The van der Waals surface area contributed by atoms with Gasteiger partial charge >= 0.3 is 0 Å². The topological polar surface area (TPSA) is 24.5 Å². The normalized spacial score (nSPS) is 19.2. The highest BCUT2D eigenvalue weighted by Gasteiger charge is 2.22. The van der Waals surface area contributed by atoms with Crippen molar-refractivity contribution < 1.29 is 4.74 Å². The Kier molecular flexibility index (Phi) is 5.55. The van der Waals surface area contributed by atoms with Crippen LogP contribution in [0.3, 0.4) is 0 Å². The van der Waals surface area contributed by atoms with Gasteiger partial charge in [-0.2, -0.15) is 0 Å². The molecule has 0 saturated carbocycles. The molecule has 1 N–H and O–H groups in total. The van der Waals surface area contributed by atoms with Gasteiger partial charge in [-0.1, -0.05) is 18.5 Å². The first-order valence-electron chi connectivity index (χ1n) is 7.48. The Morgan fingerprint density at radius 3 is 2.95 bits per heavy atom. The lowest BCUT2D eigenvalue weighted by Crippen LogP contribution is -2.46. The molecule has 1 heterocycles. The molecule has 0 aliphatic carbocycles. The molecule has 1 aliphatic heterocycles. The van der Waals surface area contributed by atoms with Crippen molar-refractivity contribution in [2.75, 3.05) is 31.6 Å². The van der Waals surface area contributed by atoms with Crippen LogP contribution in [0.1, 0.15) is 31.7 Å². The zero-order chi connectivity index (χ0) is 14.5. The van der Waals surface area contributed by atoms with Gasteiger partial charge in [0.2, 0.25) is 0 Å². The summed E-state index contributed by atoms with van der Waals surface area (Å²) in [6.45, 7) is 7.47. The fourth-order valence-electron chi connectivity index (χ4n) is 2.77. The van der Waals surface area contributed by atoms with E-state index in [-0.39, 0.29) is 0 Å². The highest BCUT2D eigenvalue weighted by atomic mass is 35.5. The van der Waals surface area contributed by atoms with Crippen LogP contribution in [-0.2, 0) is 0 Å². The SMILES string of the molecule is CCCNC1CCCN(c2cc(C)c(Cl)cc2OC)C1. The molecule has 20 heavy (non-hydrogen) atoms. The summed E-state index contributed by atoms with van der Waals surface area (Å²) in [5, 5.41) is 4.39. The summed E-state index contributed by atoms with van der Waals surface area (Å²) in [7, 11) is 1.71. The van der Waals surface area contributed by atoms with Crippen LogP contribution in [0.25, 0.3) is 0 Å². The molecule has 0 spiro atoms. The van der Waals surface area contributed by atoms with Crippen LogP contribution in [0.2, 0.25) is 5.02 Å². The maximum Gasteiger partial charge on any atom is 0.143 e. The fraction of sp³-hybridized carbons (Fsp3) is 0.625. The number of rotatable bonds is 5. The minimum atomic E-state index is 0.574. The number of ether oxygens (including phenoxy) is 1. The van der Waals surface area contributed by atoms with Gasteiger partial charge in [-0.15, -0.1) is 0 Å². The number of anilines is 1. The molecule has 3 nitrogen and oxygen atoms in total. The predicted octanol–water partition coefficient (Wildman–Crippen LogP) is 3.63. The van der Waals surface area contributed by atoms with Gasteiger partial charge in [0.15, 0.2) is 0 Å². The maximum absolute atomic E-state index is 6.19. The third-order valence-corrected chi connectivity index (χ3v) is 4.31. The number of aryl methyl sites for hydroxylation is 1. The first kappa shape index (κ1) is 15.5. The average Bonchev–Trinajstić information content (AvgIpc) is 2.47. The summed E-state index contributed by atoms with van der Waals surface area (Å²) >= 11 is 6.19. The monoisotopic (exact) mass is 296 g/mol. The van der Waals surface area contributed by atoms with E-state index < -0.39 is 0 Å². The third-order valence-electron chi connectivity index (χ3n) is 3.91. The second-order valence-electron chi connectivity index (χ2n) is 5.51. The number of nitrogens with zero attached hydrogens (tertiary/aromatic N) is 1. The van der Waals surface area contributed by atoms with Crippen molar-refractivity contribution in [2.24, 2.45) is 0 Å². The zero-order valence-corrected chi connectivity index (χ0v) is 13.5. The summed E-state index contributed by atoms with van der Waals surface area (Å²) in [5.41, 5.74) is 2.27. The van der Waals surface area contributed by atoms with Gasteiger partial charge in [0, 0.05) is 30.2 Å². The number of hydrogen-bond acceptors (Lipinski definition) is 3. The van der Waals surface area contributed by atoms with Gasteiger partial charge in [0.25, 0.3) is 0 Å². The van der Waals surface area contributed by atoms with Crippen LogP contribution in [0.15, 0.2) is 12.1 Å². The van der Waals surface area contributed by atoms with Crippen LogP contribution >= 0.6 is 11.6 Å². The smallest absolute Gasteiger partial charge is 0.143 e. The molecule has 1 saturated heterocycles. The Labute approximate surface area is 127 Å². The van der Waals surface area contributed by atoms with Crippen molar-refractivity contribution >= 4 is 17.3 Å². The molecule has 1 aliphatic rings. The van der Waals surface area contributed by atoms with Crippen molar-refractivity contribution in [1.29, 1.82) is 0 Å². The first-order chi connectivity index (χ1) is 9.65. The lowest BCUT2D eigenvalue weighted by molar-refractivity contribution is 0.400. The van der Waals surface area contributed by atoms with Crippen LogP contribution in [0.4, 0.5) is 5.69 Å². The number of piperidine rings is 1. The van der Waals surface area contributed by atoms with E-state index in [0.717, 1.165) is 41.7 Å². The van der Waals surface area contributed by atoms with E-state index in [9.17, 15) is 0 Å². The van der Waals surface area contributed by atoms with E-state index in [1.54, 1.807) is 7.11 Å². The first-order valence-corrected chi connectivity index (χ1v) is 7.86. The molecule has 0 radical (unpaired) electrons. The summed E-state index contributed by atoms with van der Waals surface area (Å²) in [4.78, 5) is 2.42.